The van der Waals surface area contributed by atoms with Crippen LogP contribution in [0.2, 0.25) is 0 Å². The molecular formula is C8H7NaO2S. The van der Waals surface area contributed by atoms with Crippen molar-refractivity contribution in [2.24, 2.45) is 0 Å². The van der Waals surface area contributed by atoms with Gasteiger partial charge in [-0.1, -0.05) is 24.4 Å². The number of thiocarbonyl (C=S) groups is 1. The van der Waals surface area contributed by atoms with Crippen LogP contribution in [0.15, 0.2) is 18.2 Å². The normalized spacial score (nSPS) is 8.75. The SMILES string of the molecule is Cc1c(O)cccc1C([O-])=S.[Na+]. The van der Waals surface area contributed by atoms with Gasteiger partial charge >= 0.3 is 29.6 Å². The molecule has 0 saturated carbocycles. The predicted molar refractivity (Wildman–Crippen MR) is 44.5 cm³/mol. The summed E-state index contributed by atoms with van der Waals surface area (Å²) in [5.41, 5.74) is 0.951. The van der Waals surface area contributed by atoms with E-state index in [2.05, 4.69) is 12.2 Å². The molecule has 0 unspecified atom stereocenters. The predicted octanol–water partition coefficient (Wildman–Crippen LogP) is -2.26. The summed E-state index contributed by atoms with van der Waals surface area (Å²) in [4.78, 5) is 0. The number of benzene rings is 1. The standard InChI is InChI=1S/C8H8O2S.Na/c1-5-6(8(10)11)3-2-4-7(5)9;/h2-4,9H,1H3,(H,10,11);/q;+1/p-1. The number of hydrogen-bond donors (Lipinski definition) is 1. The monoisotopic (exact) mass is 190 g/mol. The fourth-order valence-corrected chi connectivity index (χ4v) is 1.07. The number of hydrogen-bond acceptors (Lipinski definition) is 3. The van der Waals surface area contributed by atoms with Crippen molar-refractivity contribution in [3.05, 3.63) is 29.3 Å². The van der Waals surface area contributed by atoms with E-state index >= 15 is 0 Å². The average Bonchev–Trinajstić information content (AvgIpc) is 1.94. The first kappa shape index (κ1) is 11.9. The van der Waals surface area contributed by atoms with E-state index in [1.807, 2.05) is 0 Å². The number of aromatic hydroxyl groups is 1. The molecule has 1 aromatic rings. The van der Waals surface area contributed by atoms with Crippen LogP contribution in [0.3, 0.4) is 0 Å². The Balaban J connectivity index is 0.00000121. The molecule has 0 aliphatic carbocycles. The van der Waals surface area contributed by atoms with Crippen LogP contribution < -0.4 is 34.7 Å². The van der Waals surface area contributed by atoms with Crippen molar-refractivity contribution in [3.63, 3.8) is 0 Å². The number of phenols is 1. The van der Waals surface area contributed by atoms with Crippen molar-refractivity contribution in [3.8, 4) is 5.75 Å². The minimum atomic E-state index is -0.432. The van der Waals surface area contributed by atoms with Gasteiger partial charge < -0.3 is 10.2 Å². The topological polar surface area (TPSA) is 43.3 Å². The Morgan fingerprint density at radius 3 is 2.50 bits per heavy atom. The maximum atomic E-state index is 10.7. The van der Waals surface area contributed by atoms with Gasteiger partial charge in [0, 0.05) is 0 Å². The Bertz CT molecular complexity index is 299. The van der Waals surface area contributed by atoms with Gasteiger partial charge in [0.05, 0.1) is 0 Å². The second-order valence-corrected chi connectivity index (χ2v) is 2.61. The molecule has 0 bridgehead atoms. The van der Waals surface area contributed by atoms with Crippen molar-refractivity contribution in [1.29, 1.82) is 0 Å². The van der Waals surface area contributed by atoms with Crippen LogP contribution in [-0.2, 0) is 0 Å². The zero-order valence-corrected chi connectivity index (χ0v) is 9.81. The van der Waals surface area contributed by atoms with Crippen LogP contribution in [0.4, 0.5) is 0 Å². The van der Waals surface area contributed by atoms with Gasteiger partial charge in [-0.3, -0.25) is 0 Å². The van der Waals surface area contributed by atoms with Crippen molar-refractivity contribution in [2.75, 3.05) is 0 Å². The van der Waals surface area contributed by atoms with E-state index in [1.165, 1.54) is 6.07 Å². The molecule has 0 heterocycles. The fraction of sp³-hybridized carbons (Fsp3) is 0.125. The van der Waals surface area contributed by atoms with Gasteiger partial charge in [-0.15, -0.1) is 0 Å². The smallest absolute Gasteiger partial charge is 0.864 e. The molecule has 0 saturated heterocycles. The van der Waals surface area contributed by atoms with E-state index < -0.39 is 5.05 Å². The Kier molecular flexibility index (Phi) is 4.78. The molecule has 0 fully saturated rings. The zero-order valence-electron chi connectivity index (χ0n) is 7.00. The largest absolute Gasteiger partial charge is 1.00 e. The Hall–Kier alpha value is -0.0900. The minimum absolute atomic E-state index is 0. The minimum Gasteiger partial charge on any atom is -0.864 e. The molecule has 0 aliphatic heterocycles. The maximum Gasteiger partial charge on any atom is 1.00 e. The van der Waals surface area contributed by atoms with Crippen LogP contribution in [0.1, 0.15) is 11.1 Å². The van der Waals surface area contributed by atoms with E-state index in [0.29, 0.717) is 11.1 Å². The van der Waals surface area contributed by atoms with E-state index in [1.54, 1.807) is 19.1 Å². The Morgan fingerprint density at radius 2 is 2.08 bits per heavy atom. The van der Waals surface area contributed by atoms with Gasteiger partial charge in [-0.05, 0) is 29.2 Å². The summed E-state index contributed by atoms with van der Waals surface area (Å²) in [5, 5.41) is 19.4. The van der Waals surface area contributed by atoms with Gasteiger partial charge in [0.1, 0.15) is 5.75 Å². The van der Waals surface area contributed by atoms with Crippen molar-refractivity contribution < 1.29 is 39.8 Å². The third-order valence-corrected chi connectivity index (χ3v) is 1.75. The van der Waals surface area contributed by atoms with E-state index in [0.717, 1.165) is 0 Å². The molecule has 1 rings (SSSR count). The summed E-state index contributed by atoms with van der Waals surface area (Å²) in [6.45, 7) is 1.66. The molecule has 0 aliphatic rings. The van der Waals surface area contributed by atoms with Crippen LogP contribution in [0, 0.1) is 6.92 Å². The fourth-order valence-electron chi connectivity index (χ4n) is 0.845. The second-order valence-electron chi connectivity index (χ2n) is 2.24. The molecule has 0 amide bonds. The first-order valence-electron chi connectivity index (χ1n) is 3.13. The maximum absolute atomic E-state index is 10.7. The summed E-state index contributed by atoms with van der Waals surface area (Å²) in [6.07, 6.45) is 0. The number of rotatable bonds is 1. The Labute approximate surface area is 98.5 Å². The van der Waals surface area contributed by atoms with Gasteiger partial charge in [0.15, 0.2) is 0 Å². The van der Waals surface area contributed by atoms with Gasteiger partial charge in [0.2, 0.25) is 0 Å². The Morgan fingerprint density at radius 1 is 1.50 bits per heavy atom. The molecule has 0 spiro atoms. The molecule has 0 radical (unpaired) electrons. The molecule has 12 heavy (non-hydrogen) atoms. The summed E-state index contributed by atoms with van der Waals surface area (Å²) < 4.78 is 0. The summed E-state index contributed by atoms with van der Waals surface area (Å²) in [6, 6.07) is 4.73. The molecule has 0 atom stereocenters. The molecule has 1 aromatic carbocycles. The first-order chi connectivity index (χ1) is 5.13. The van der Waals surface area contributed by atoms with Crippen LogP contribution >= 0.6 is 12.2 Å². The third-order valence-electron chi connectivity index (χ3n) is 1.53. The molecule has 1 N–H and O–H groups in total. The summed E-state index contributed by atoms with van der Waals surface area (Å²) in [5.74, 6) is 0.112. The van der Waals surface area contributed by atoms with Crippen LogP contribution in [-0.4, -0.2) is 10.2 Å². The molecule has 2 nitrogen and oxygen atoms in total. The van der Waals surface area contributed by atoms with Crippen molar-refractivity contribution >= 4 is 17.3 Å². The van der Waals surface area contributed by atoms with Gasteiger partial charge in [-0.2, -0.15) is 0 Å². The average molecular weight is 190 g/mol. The van der Waals surface area contributed by atoms with Crippen LogP contribution in [0.25, 0.3) is 0 Å². The molecular weight excluding hydrogens is 183 g/mol. The summed E-state index contributed by atoms with van der Waals surface area (Å²) >= 11 is 4.44. The quantitative estimate of drug-likeness (QED) is 0.401. The van der Waals surface area contributed by atoms with Crippen molar-refractivity contribution in [1.82, 2.24) is 0 Å². The molecule has 0 aromatic heterocycles. The van der Waals surface area contributed by atoms with Gasteiger partial charge in [-0.25, -0.2) is 0 Å². The van der Waals surface area contributed by atoms with Crippen molar-refractivity contribution in [2.45, 2.75) is 6.92 Å². The second kappa shape index (κ2) is 4.82. The first-order valence-corrected chi connectivity index (χ1v) is 3.53. The molecule has 58 valence electrons. The van der Waals surface area contributed by atoms with E-state index in [9.17, 15) is 5.11 Å². The zero-order chi connectivity index (χ0) is 8.43. The third kappa shape index (κ3) is 2.45. The van der Waals surface area contributed by atoms with E-state index in [-0.39, 0.29) is 35.3 Å². The summed E-state index contributed by atoms with van der Waals surface area (Å²) in [7, 11) is 0. The van der Waals surface area contributed by atoms with Gasteiger partial charge in [0.25, 0.3) is 0 Å². The number of phenolic OH excluding ortho intramolecular Hbond substituents is 1. The van der Waals surface area contributed by atoms with E-state index in [4.69, 9.17) is 5.11 Å². The molecule has 4 heteroatoms. The van der Waals surface area contributed by atoms with Crippen LogP contribution in [0.5, 0.6) is 5.75 Å².